The number of benzene rings is 1. The van der Waals surface area contributed by atoms with Gasteiger partial charge < -0.3 is 10.2 Å². The van der Waals surface area contributed by atoms with Gasteiger partial charge in [-0.2, -0.15) is 0 Å². The van der Waals surface area contributed by atoms with Gasteiger partial charge >= 0.3 is 0 Å². The number of carbonyl (C=O) groups is 2. The molecule has 1 saturated heterocycles. The van der Waals surface area contributed by atoms with Crippen LogP contribution in [0.4, 0.5) is 10.1 Å². The maximum absolute atomic E-state index is 13.4. The summed E-state index contributed by atoms with van der Waals surface area (Å²) >= 11 is 0. The third-order valence-corrected chi connectivity index (χ3v) is 4.57. The molecule has 1 atom stereocenters. The molecule has 0 saturated carbocycles. The van der Waals surface area contributed by atoms with Crippen molar-refractivity contribution in [2.24, 2.45) is 5.92 Å². The molecular weight excluding hydrogens is 351 g/mol. The second kappa shape index (κ2) is 8.11. The van der Waals surface area contributed by atoms with Gasteiger partial charge in [0.15, 0.2) is 0 Å². The molecule has 1 aromatic carbocycles. The predicted molar refractivity (Wildman–Crippen MR) is 97.7 cm³/mol. The number of aryl methyl sites for hydroxylation is 1. The summed E-state index contributed by atoms with van der Waals surface area (Å²) in [5.41, 5.74) is 1.01. The highest BCUT2D eigenvalue weighted by molar-refractivity contribution is 6.00. The molecule has 27 heavy (non-hydrogen) atoms. The van der Waals surface area contributed by atoms with Crippen molar-refractivity contribution >= 4 is 17.5 Å². The van der Waals surface area contributed by atoms with E-state index in [-0.39, 0.29) is 36.9 Å². The molecule has 0 spiro atoms. The summed E-state index contributed by atoms with van der Waals surface area (Å²) in [7, 11) is 0. The van der Waals surface area contributed by atoms with E-state index in [4.69, 9.17) is 0 Å². The first-order chi connectivity index (χ1) is 13.0. The summed E-state index contributed by atoms with van der Waals surface area (Å²) in [5, 5.41) is 2.75. The number of nitrogens with one attached hydrogen (secondary N) is 1. The third kappa shape index (κ3) is 4.39. The molecule has 1 fully saturated rings. The van der Waals surface area contributed by atoms with Crippen LogP contribution >= 0.6 is 0 Å². The van der Waals surface area contributed by atoms with Crippen LogP contribution in [0.2, 0.25) is 0 Å². The minimum Gasteiger partial charge on any atom is -0.354 e. The van der Waals surface area contributed by atoms with Gasteiger partial charge in [-0.25, -0.2) is 9.37 Å². The van der Waals surface area contributed by atoms with Gasteiger partial charge in [-0.05, 0) is 24.6 Å². The third-order valence-electron chi connectivity index (χ3n) is 4.57. The molecule has 1 N–H and O–H groups in total. The van der Waals surface area contributed by atoms with Crippen molar-refractivity contribution in [3.05, 3.63) is 58.5 Å². The molecule has 2 heterocycles. The molecular formula is C19H21FN4O3. The summed E-state index contributed by atoms with van der Waals surface area (Å²) in [6.45, 7) is 2.69. The Hall–Kier alpha value is -3.03. The van der Waals surface area contributed by atoms with Crippen LogP contribution in [0.25, 0.3) is 0 Å². The van der Waals surface area contributed by atoms with Gasteiger partial charge in [-0.1, -0.05) is 13.0 Å². The average molecular weight is 372 g/mol. The zero-order valence-corrected chi connectivity index (χ0v) is 15.0. The van der Waals surface area contributed by atoms with E-state index in [9.17, 15) is 18.8 Å². The average Bonchev–Trinajstić information content (AvgIpc) is 3.04. The Labute approximate surface area is 155 Å². The van der Waals surface area contributed by atoms with Crippen LogP contribution in [0, 0.1) is 11.7 Å². The number of carbonyl (C=O) groups excluding carboxylic acids is 2. The van der Waals surface area contributed by atoms with Gasteiger partial charge in [-0.15, -0.1) is 0 Å². The van der Waals surface area contributed by atoms with Crippen molar-refractivity contribution in [2.75, 3.05) is 18.0 Å². The minimum absolute atomic E-state index is 0.0784. The standard InChI is InChI=1S/C19H21FN4O3/c1-2-15-10-17(25)23(12-22-15)7-6-21-19(27)13-8-18(26)24(11-13)16-5-3-4-14(20)9-16/h3-5,9-10,12-13H,2,6-8,11H2,1H3,(H,21,27). The number of hydrogen-bond acceptors (Lipinski definition) is 4. The lowest BCUT2D eigenvalue weighted by Gasteiger charge is -2.16. The first kappa shape index (κ1) is 18.8. The number of rotatable bonds is 6. The van der Waals surface area contributed by atoms with Crippen LogP contribution in [0.15, 0.2) is 41.5 Å². The van der Waals surface area contributed by atoms with Gasteiger partial charge in [0.1, 0.15) is 5.82 Å². The number of hydrogen-bond donors (Lipinski definition) is 1. The van der Waals surface area contributed by atoms with Crippen LogP contribution in [0.3, 0.4) is 0 Å². The number of amides is 2. The largest absolute Gasteiger partial charge is 0.354 e. The van der Waals surface area contributed by atoms with E-state index in [1.165, 1.54) is 40.1 Å². The molecule has 2 amide bonds. The van der Waals surface area contributed by atoms with E-state index >= 15 is 0 Å². The minimum atomic E-state index is -0.502. The van der Waals surface area contributed by atoms with Crippen molar-refractivity contribution < 1.29 is 14.0 Å². The molecule has 2 aromatic rings. The lowest BCUT2D eigenvalue weighted by atomic mass is 10.1. The molecule has 1 aliphatic heterocycles. The number of anilines is 1. The van der Waals surface area contributed by atoms with E-state index in [0.717, 1.165) is 5.69 Å². The van der Waals surface area contributed by atoms with Crippen LogP contribution in [-0.4, -0.2) is 34.5 Å². The number of nitrogens with zero attached hydrogens (tertiary/aromatic N) is 3. The quantitative estimate of drug-likeness (QED) is 0.823. The van der Waals surface area contributed by atoms with Crippen LogP contribution < -0.4 is 15.8 Å². The summed E-state index contributed by atoms with van der Waals surface area (Å²) in [6, 6.07) is 7.23. The van der Waals surface area contributed by atoms with E-state index < -0.39 is 11.7 Å². The highest BCUT2D eigenvalue weighted by Gasteiger charge is 2.35. The Kier molecular flexibility index (Phi) is 5.63. The summed E-state index contributed by atoms with van der Waals surface area (Å²) in [4.78, 5) is 42.0. The van der Waals surface area contributed by atoms with Crippen LogP contribution in [0.5, 0.6) is 0 Å². The summed E-state index contributed by atoms with van der Waals surface area (Å²) in [6.07, 6.45) is 2.23. The molecule has 8 heteroatoms. The lowest BCUT2D eigenvalue weighted by Crippen LogP contribution is -2.36. The first-order valence-electron chi connectivity index (χ1n) is 8.87. The Morgan fingerprint density at radius 2 is 2.15 bits per heavy atom. The molecule has 0 aliphatic carbocycles. The maximum atomic E-state index is 13.4. The predicted octanol–water partition coefficient (Wildman–Crippen LogP) is 1.11. The number of aromatic nitrogens is 2. The fourth-order valence-corrected chi connectivity index (χ4v) is 3.05. The molecule has 142 valence electrons. The Bertz CT molecular complexity index is 912. The fraction of sp³-hybridized carbons (Fsp3) is 0.368. The van der Waals surface area contributed by atoms with Crippen molar-refractivity contribution in [1.29, 1.82) is 0 Å². The molecule has 3 rings (SSSR count). The maximum Gasteiger partial charge on any atom is 0.253 e. The van der Waals surface area contributed by atoms with Crippen molar-refractivity contribution in [3.8, 4) is 0 Å². The summed E-state index contributed by atoms with van der Waals surface area (Å²) in [5.74, 6) is -1.40. The van der Waals surface area contributed by atoms with Crippen molar-refractivity contribution in [2.45, 2.75) is 26.3 Å². The molecule has 7 nitrogen and oxygen atoms in total. The first-order valence-corrected chi connectivity index (χ1v) is 8.87. The lowest BCUT2D eigenvalue weighted by molar-refractivity contribution is -0.126. The highest BCUT2D eigenvalue weighted by Crippen LogP contribution is 2.25. The molecule has 0 radical (unpaired) electrons. The van der Waals surface area contributed by atoms with Crippen molar-refractivity contribution in [1.82, 2.24) is 14.9 Å². The fourth-order valence-electron chi connectivity index (χ4n) is 3.05. The van der Waals surface area contributed by atoms with Gasteiger partial charge in [-0.3, -0.25) is 19.0 Å². The van der Waals surface area contributed by atoms with Crippen LogP contribution in [-0.2, 0) is 22.6 Å². The van der Waals surface area contributed by atoms with E-state index in [1.807, 2.05) is 6.92 Å². The Morgan fingerprint density at radius 1 is 1.33 bits per heavy atom. The highest BCUT2D eigenvalue weighted by atomic mass is 19.1. The van der Waals surface area contributed by atoms with E-state index in [0.29, 0.717) is 18.7 Å². The normalized spacial score (nSPS) is 16.6. The van der Waals surface area contributed by atoms with Gasteiger partial charge in [0.25, 0.3) is 5.56 Å². The van der Waals surface area contributed by atoms with Gasteiger partial charge in [0.05, 0.1) is 12.2 Å². The summed E-state index contributed by atoms with van der Waals surface area (Å²) < 4.78 is 14.8. The molecule has 1 aromatic heterocycles. The van der Waals surface area contributed by atoms with Gasteiger partial charge in [0.2, 0.25) is 11.8 Å². The van der Waals surface area contributed by atoms with Crippen LogP contribution in [0.1, 0.15) is 19.0 Å². The molecule has 1 unspecified atom stereocenters. The second-order valence-electron chi connectivity index (χ2n) is 6.44. The second-order valence-corrected chi connectivity index (χ2v) is 6.44. The van der Waals surface area contributed by atoms with E-state index in [1.54, 1.807) is 6.07 Å². The van der Waals surface area contributed by atoms with Crippen molar-refractivity contribution in [3.63, 3.8) is 0 Å². The molecule has 0 bridgehead atoms. The van der Waals surface area contributed by atoms with E-state index in [2.05, 4.69) is 10.3 Å². The molecule has 1 aliphatic rings. The topological polar surface area (TPSA) is 84.3 Å². The number of halogens is 1. The Morgan fingerprint density at radius 3 is 2.85 bits per heavy atom. The zero-order valence-electron chi connectivity index (χ0n) is 15.0. The smallest absolute Gasteiger partial charge is 0.253 e. The SMILES string of the molecule is CCc1cc(=O)n(CCNC(=O)C2CC(=O)N(c3cccc(F)c3)C2)cn1. The Balaban J connectivity index is 1.54. The monoisotopic (exact) mass is 372 g/mol. The van der Waals surface area contributed by atoms with Gasteiger partial charge in [0, 0.05) is 43.5 Å². The zero-order chi connectivity index (χ0) is 19.4.